The zero-order chi connectivity index (χ0) is 12.2. The summed E-state index contributed by atoms with van der Waals surface area (Å²) in [4.78, 5) is 15.5. The molecule has 0 aliphatic rings. The van der Waals surface area contributed by atoms with Crippen LogP contribution in [0.4, 0.5) is 0 Å². The molecular formula is C10H13ClN2O3. The van der Waals surface area contributed by atoms with Gasteiger partial charge in [-0.05, 0) is 13.0 Å². The Balaban J connectivity index is 2.84. The van der Waals surface area contributed by atoms with Gasteiger partial charge < -0.3 is 15.5 Å². The van der Waals surface area contributed by atoms with E-state index in [1.54, 1.807) is 0 Å². The second-order valence-corrected chi connectivity index (χ2v) is 4.09. The molecule has 1 aromatic heterocycles. The number of carbonyl (C=O) groups is 1. The first-order chi connectivity index (χ1) is 7.52. The Labute approximate surface area is 98.1 Å². The van der Waals surface area contributed by atoms with E-state index in [0.717, 1.165) is 0 Å². The number of aromatic nitrogens is 1. The molecule has 6 heteroatoms. The minimum Gasteiger partial charge on any atom is -0.394 e. The fourth-order valence-corrected chi connectivity index (χ4v) is 1.21. The number of aliphatic hydroxyl groups excluding tert-OH is 2. The molecule has 0 fully saturated rings. The highest BCUT2D eigenvalue weighted by Gasteiger charge is 2.25. The molecule has 0 aliphatic carbocycles. The molecule has 5 nitrogen and oxygen atoms in total. The fraction of sp³-hybridized carbons (Fsp3) is 0.400. The van der Waals surface area contributed by atoms with Gasteiger partial charge in [-0.2, -0.15) is 0 Å². The average molecular weight is 245 g/mol. The van der Waals surface area contributed by atoms with Crippen LogP contribution in [0, 0.1) is 0 Å². The highest BCUT2D eigenvalue weighted by Crippen LogP contribution is 2.14. The van der Waals surface area contributed by atoms with Gasteiger partial charge in [-0.1, -0.05) is 11.6 Å². The number of rotatable bonds is 4. The molecule has 1 heterocycles. The van der Waals surface area contributed by atoms with Gasteiger partial charge in [0.25, 0.3) is 5.91 Å². The Morgan fingerprint density at radius 2 is 2.19 bits per heavy atom. The Morgan fingerprint density at radius 3 is 2.69 bits per heavy atom. The molecule has 0 unspecified atom stereocenters. The predicted octanol–water partition coefficient (Wildman–Crippen LogP) is 0.208. The summed E-state index contributed by atoms with van der Waals surface area (Å²) in [5, 5.41) is 20.8. The summed E-state index contributed by atoms with van der Waals surface area (Å²) in [6.07, 6.45) is 2.79. The maximum atomic E-state index is 11.7. The van der Waals surface area contributed by atoms with E-state index in [4.69, 9.17) is 21.8 Å². The van der Waals surface area contributed by atoms with Crippen molar-refractivity contribution in [2.24, 2.45) is 0 Å². The van der Waals surface area contributed by atoms with E-state index in [1.165, 1.54) is 25.4 Å². The van der Waals surface area contributed by atoms with E-state index in [1.807, 2.05) is 0 Å². The van der Waals surface area contributed by atoms with Crippen LogP contribution in [0.3, 0.4) is 0 Å². The van der Waals surface area contributed by atoms with Crippen LogP contribution < -0.4 is 5.32 Å². The zero-order valence-electron chi connectivity index (χ0n) is 8.77. The SMILES string of the molecule is CC(CO)(CO)NC(=O)c1cnccc1Cl. The van der Waals surface area contributed by atoms with Crippen LogP contribution in [0.2, 0.25) is 5.02 Å². The molecule has 1 amide bonds. The lowest BCUT2D eigenvalue weighted by Crippen LogP contribution is -2.51. The standard InChI is InChI=1S/C10H13ClN2O3/c1-10(5-14,6-15)13-9(16)7-4-12-3-2-8(7)11/h2-4,14-15H,5-6H2,1H3,(H,13,16). The molecule has 0 saturated carbocycles. The molecule has 0 aromatic carbocycles. The van der Waals surface area contributed by atoms with Crippen molar-refractivity contribution in [2.75, 3.05) is 13.2 Å². The molecule has 3 N–H and O–H groups in total. The van der Waals surface area contributed by atoms with Crippen LogP contribution in [0.5, 0.6) is 0 Å². The molecule has 0 aliphatic heterocycles. The van der Waals surface area contributed by atoms with Gasteiger partial charge in [-0.3, -0.25) is 9.78 Å². The van der Waals surface area contributed by atoms with Crippen LogP contribution in [0.25, 0.3) is 0 Å². The van der Waals surface area contributed by atoms with Gasteiger partial charge in [0.2, 0.25) is 0 Å². The van der Waals surface area contributed by atoms with Crippen molar-refractivity contribution in [3.05, 3.63) is 29.0 Å². The third kappa shape index (κ3) is 2.91. The number of hydrogen-bond acceptors (Lipinski definition) is 4. The summed E-state index contributed by atoms with van der Waals surface area (Å²) in [7, 11) is 0. The number of pyridine rings is 1. The summed E-state index contributed by atoms with van der Waals surface area (Å²) in [5.74, 6) is -0.483. The van der Waals surface area contributed by atoms with Crippen molar-refractivity contribution in [1.29, 1.82) is 0 Å². The quantitative estimate of drug-likeness (QED) is 0.707. The lowest BCUT2D eigenvalue weighted by Gasteiger charge is -2.26. The van der Waals surface area contributed by atoms with Gasteiger partial charge >= 0.3 is 0 Å². The lowest BCUT2D eigenvalue weighted by molar-refractivity contribution is 0.0723. The number of amides is 1. The molecule has 0 radical (unpaired) electrons. The van der Waals surface area contributed by atoms with Gasteiger partial charge in [-0.15, -0.1) is 0 Å². The molecule has 16 heavy (non-hydrogen) atoms. The van der Waals surface area contributed by atoms with Crippen molar-refractivity contribution in [1.82, 2.24) is 10.3 Å². The molecule has 0 atom stereocenters. The second-order valence-electron chi connectivity index (χ2n) is 3.69. The monoisotopic (exact) mass is 244 g/mol. The van der Waals surface area contributed by atoms with E-state index < -0.39 is 11.4 Å². The maximum Gasteiger partial charge on any atom is 0.254 e. The van der Waals surface area contributed by atoms with Gasteiger partial charge in [0, 0.05) is 12.4 Å². The van der Waals surface area contributed by atoms with E-state index in [2.05, 4.69) is 10.3 Å². The third-order valence-corrected chi connectivity index (χ3v) is 2.46. The molecule has 88 valence electrons. The number of halogens is 1. The van der Waals surface area contributed by atoms with Crippen LogP contribution >= 0.6 is 11.6 Å². The number of carbonyl (C=O) groups excluding carboxylic acids is 1. The second kappa shape index (κ2) is 5.25. The van der Waals surface area contributed by atoms with Gasteiger partial charge in [0.15, 0.2) is 0 Å². The topological polar surface area (TPSA) is 82.5 Å². The Kier molecular flexibility index (Phi) is 4.23. The molecule has 0 saturated heterocycles. The normalized spacial score (nSPS) is 11.2. The summed E-state index contributed by atoms with van der Waals surface area (Å²) in [6, 6.07) is 1.49. The molecule has 1 aromatic rings. The number of aliphatic hydroxyl groups is 2. The van der Waals surface area contributed by atoms with E-state index in [0.29, 0.717) is 0 Å². The Morgan fingerprint density at radius 1 is 1.56 bits per heavy atom. The van der Waals surface area contributed by atoms with Crippen LogP contribution in [-0.4, -0.2) is 39.9 Å². The highest BCUT2D eigenvalue weighted by atomic mass is 35.5. The third-order valence-electron chi connectivity index (χ3n) is 2.13. The Bertz CT molecular complexity index is 380. The minimum absolute atomic E-state index is 0.206. The van der Waals surface area contributed by atoms with Crippen LogP contribution in [0.1, 0.15) is 17.3 Å². The maximum absolute atomic E-state index is 11.7. The largest absolute Gasteiger partial charge is 0.394 e. The van der Waals surface area contributed by atoms with Gasteiger partial charge in [0.1, 0.15) is 0 Å². The van der Waals surface area contributed by atoms with E-state index in [-0.39, 0.29) is 23.8 Å². The van der Waals surface area contributed by atoms with Gasteiger partial charge in [0.05, 0.1) is 29.3 Å². The van der Waals surface area contributed by atoms with Crippen molar-refractivity contribution < 1.29 is 15.0 Å². The predicted molar refractivity (Wildman–Crippen MR) is 59.3 cm³/mol. The lowest BCUT2D eigenvalue weighted by atomic mass is 10.0. The fourth-order valence-electron chi connectivity index (χ4n) is 1.02. The van der Waals surface area contributed by atoms with Gasteiger partial charge in [-0.25, -0.2) is 0 Å². The van der Waals surface area contributed by atoms with E-state index in [9.17, 15) is 4.79 Å². The summed E-state index contributed by atoms with van der Waals surface area (Å²) in [5.41, 5.74) is -0.867. The molecule has 0 bridgehead atoms. The number of hydrogen-bond donors (Lipinski definition) is 3. The zero-order valence-corrected chi connectivity index (χ0v) is 9.53. The van der Waals surface area contributed by atoms with Crippen molar-refractivity contribution in [2.45, 2.75) is 12.5 Å². The first-order valence-electron chi connectivity index (χ1n) is 4.66. The van der Waals surface area contributed by atoms with Crippen molar-refractivity contribution in [3.63, 3.8) is 0 Å². The number of nitrogens with one attached hydrogen (secondary N) is 1. The Hall–Kier alpha value is -1.17. The highest BCUT2D eigenvalue weighted by molar-refractivity contribution is 6.33. The van der Waals surface area contributed by atoms with Crippen LogP contribution in [-0.2, 0) is 0 Å². The summed E-state index contributed by atoms with van der Waals surface area (Å²) in [6.45, 7) is 0.787. The summed E-state index contributed by atoms with van der Waals surface area (Å²) >= 11 is 5.81. The summed E-state index contributed by atoms with van der Waals surface area (Å²) < 4.78 is 0. The average Bonchev–Trinajstić information content (AvgIpc) is 2.29. The molecule has 1 rings (SSSR count). The molecule has 0 spiro atoms. The smallest absolute Gasteiger partial charge is 0.254 e. The van der Waals surface area contributed by atoms with E-state index >= 15 is 0 Å². The van der Waals surface area contributed by atoms with Crippen molar-refractivity contribution >= 4 is 17.5 Å². The molecular weight excluding hydrogens is 232 g/mol. The van der Waals surface area contributed by atoms with Crippen LogP contribution in [0.15, 0.2) is 18.5 Å². The first kappa shape index (κ1) is 12.9. The number of nitrogens with zero attached hydrogens (tertiary/aromatic N) is 1. The van der Waals surface area contributed by atoms with Crippen molar-refractivity contribution in [3.8, 4) is 0 Å². The minimum atomic E-state index is -1.07. The first-order valence-corrected chi connectivity index (χ1v) is 5.04.